The summed E-state index contributed by atoms with van der Waals surface area (Å²) in [5.74, 6) is -0.699. The van der Waals surface area contributed by atoms with Crippen LogP contribution in [0, 0.1) is 0 Å². The minimum atomic E-state index is -3.62. The third-order valence-electron chi connectivity index (χ3n) is 1.88. The summed E-state index contributed by atoms with van der Waals surface area (Å²) in [4.78, 5) is 11.5. The van der Waals surface area contributed by atoms with Gasteiger partial charge in [-0.15, -0.1) is 4.72 Å². The van der Waals surface area contributed by atoms with E-state index >= 15 is 0 Å². The highest BCUT2D eigenvalue weighted by atomic mass is 32.2. The molecule has 0 aliphatic heterocycles. The van der Waals surface area contributed by atoms with E-state index in [4.69, 9.17) is 0 Å². The Morgan fingerprint density at radius 3 is 2.47 bits per heavy atom. The van der Waals surface area contributed by atoms with Crippen molar-refractivity contribution in [2.45, 2.75) is 13.3 Å². The molecule has 0 aliphatic carbocycles. The molecule has 0 N–H and O–H groups in total. The summed E-state index contributed by atoms with van der Waals surface area (Å²) < 4.78 is 24.8. The van der Waals surface area contributed by atoms with Gasteiger partial charge in [0, 0.05) is 5.56 Å². The molecule has 0 heterocycles. The minimum Gasteiger partial charge on any atom is -0.266 e. The second-order valence-electron chi connectivity index (χ2n) is 3.14. The maximum Gasteiger partial charge on any atom is 0.288 e. The molecule has 5 heteroatoms. The van der Waals surface area contributed by atoms with Crippen LogP contribution < -0.4 is 4.72 Å². The van der Waals surface area contributed by atoms with Gasteiger partial charge in [0.25, 0.3) is 15.9 Å². The molecule has 81 valence electrons. The average molecular weight is 226 g/mol. The van der Waals surface area contributed by atoms with Crippen molar-refractivity contribution in [3.05, 3.63) is 35.4 Å². The first-order valence-electron chi connectivity index (χ1n) is 4.49. The van der Waals surface area contributed by atoms with E-state index in [-0.39, 0.29) is 0 Å². The molecule has 0 unspecified atom stereocenters. The second kappa shape index (κ2) is 4.44. The zero-order valence-electron chi connectivity index (χ0n) is 8.60. The molecule has 1 amide bonds. The van der Waals surface area contributed by atoms with E-state index in [0.29, 0.717) is 12.0 Å². The van der Waals surface area contributed by atoms with Crippen molar-refractivity contribution in [2.75, 3.05) is 6.26 Å². The number of carbonyl (C=O) groups is 1. The highest BCUT2D eigenvalue weighted by molar-refractivity contribution is 7.89. The molecule has 0 atom stereocenters. The number of hydrogen-bond donors (Lipinski definition) is 0. The number of amides is 1. The maximum atomic E-state index is 11.5. The van der Waals surface area contributed by atoms with Crippen LogP contribution in [0.15, 0.2) is 24.3 Å². The van der Waals surface area contributed by atoms with Crippen LogP contribution in [0.3, 0.4) is 0 Å². The van der Waals surface area contributed by atoms with E-state index in [1.165, 1.54) is 0 Å². The van der Waals surface area contributed by atoms with E-state index in [9.17, 15) is 13.2 Å². The number of carbonyl (C=O) groups excluding carboxylic acids is 1. The maximum absolute atomic E-state index is 11.5. The fourth-order valence-corrected chi connectivity index (χ4v) is 1.64. The summed E-state index contributed by atoms with van der Waals surface area (Å²) in [6.07, 6.45) is 1.57. The van der Waals surface area contributed by atoms with Crippen LogP contribution in [0.25, 0.3) is 0 Å². The molecular weight excluding hydrogens is 214 g/mol. The van der Waals surface area contributed by atoms with Crippen molar-refractivity contribution in [2.24, 2.45) is 0 Å². The Hall–Kier alpha value is -1.36. The Kier molecular flexibility index (Phi) is 3.47. The largest absolute Gasteiger partial charge is 0.288 e. The number of rotatable bonds is 3. The lowest BCUT2D eigenvalue weighted by Gasteiger charge is -2.04. The molecule has 1 rings (SSSR count). The monoisotopic (exact) mass is 226 g/mol. The molecule has 0 fully saturated rings. The van der Waals surface area contributed by atoms with Gasteiger partial charge in [0.2, 0.25) is 0 Å². The Bertz CT molecular complexity index is 465. The normalized spacial score (nSPS) is 11.1. The summed E-state index contributed by atoms with van der Waals surface area (Å²) in [7, 11) is -3.62. The zero-order chi connectivity index (χ0) is 11.5. The fraction of sp³-hybridized carbons (Fsp3) is 0.300. The standard InChI is InChI=1S/C10H12NO3S/c1-3-8-6-4-5-7-9(8)10(12)11-15(2,13)14/h4-7H,3H2,1-2H3. The molecule has 4 nitrogen and oxygen atoms in total. The van der Waals surface area contributed by atoms with E-state index in [1.54, 1.807) is 24.3 Å². The van der Waals surface area contributed by atoms with Crippen molar-refractivity contribution in [1.29, 1.82) is 0 Å². The Balaban J connectivity index is 3.01. The van der Waals surface area contributed by atoms with Gasteiger partial charge in [-0.3, -0.25) is 4.79 Å². The minimum absolute atomic E-state index is 0.352. The lowest BCUT2D eigenvalue weighted by molar-refractivity contribution is 0.0977. The highest BCUT2D eigenvalue weighted by Gasteiger charge is 2.15. The van der Waals surface area contributed by atoms with Crippen molar-refractivity contribution in [1.82, 2.24) is 4.72 Å². The number of benzene rings is 1. The number of aryl methyl sites for hydroxylation is 1. The predicted molar refractivity (Wildman–Crippen MR) is 57.1 cm³/mol. The van der Waals surface area contributed by atoms with Crippen LogP contribution in [0.2, 0.25) is 0 Å². The van der Waals surface area contributed by atoms with Gasteiger partial charge in [0.1, 0.15) is 0 Å². The Morgan fingerprint density at radius 1 is 1.33 bits per heavy atom. The van der Waals surface area contributed by atoms with Crippen molar-refractivity contribution in [3.8, 4) is 0 Å². The topological polar surface area (TPSA) is 65.3 Å². The van der Waals surface area contributed by atoms with Crippen molar-refractivity contribution >= 4 is 15.9 Å². The van der Waals surface area contributed by atoms with Gasteiger partial charge in [0.05, 0.1) is 6.26 Å². The Morgan fingerprint density at radius 2 is 1.93 bits per heavy atom. The summed E-state index contributed by atoms with van der Waals surface area (Å²) in [6, 6.07) is 6.85. The number of nitrogens with zero attached hydrogens (tertiary/aromatic N) is 1. The van der Waals surface area contributed by atoms with E-state index in [0.717, 1.165) is 11.8 Å². The molecular formula is C10H12NO3S. The van der Waals surface area contributed by atoms with Crippen molar-refractivity contribution in [3.63, 3.8) is 0 Å². The van der Waals surface area contributed by atoms with Gasteiger partial charge in [-0.2, -0.15) is 0 Å². The molecule has 1 aromatic rings. The summed E-state index contributed by atoms with van der Waals surface area (Å²) in [6.45, 7) is 1.90. The van der Waals surface area contributed by atoms with Crippen LogP contribution in [-0.2, 0) is 16.4 Å². The first-order chi connectivity index (χ1) is 6.94. The number of sulfonamides is 1. The smallest absolute Gasteiger partial charge is 0.266 e. The van der Waals surface area contributed by atoms with Crippen LogP contribution in [0.5, 0.6) is 0 Å². The molecule has 0 bridgehead atoms. The molecule has 0 saturated heterocycles. The average Bonchev–Trinajstić information content (AvgIpc) is 2.15. The molecule has 0 aromatic heterocycles. The first-order valence-corrected chi connectivity index (χ1v) is 6.34. The molecule has 1 radical (unpaired) electrons. The predicted octanol–water partition coefficient (Wildman–Crippen LogP) is 0.953. The van der Waals surface area contributed by atoms with Gasteiger partial charge in [-0.1, -0.05) is 25.1 Å². The van der Waals surface area contributed by atoms with Crippen LogP contribution in [0.1, 0.15) is 22.8 Å². The lowest BCUT2D eigenvalue weighted by Crippen LogP contribution is -2.22. The van der Waals surface area contributed by atoms with Crippen LogP contribution >= 0.6 is 0 Å². The summed E-state index contributed by atoms with van der Waals surface area (Å²) in [5, 5.41) is 0. The summed E-state index contributed by atoms with van der Waals surface area (Å²) in [5.41, 5.74) is 1.15. The van der Waals surface area contributed by atoms with Gasteiger partial charge in [0.15, 0.2) is 0 Å². The van der Waals surface area contributed by atoms with E-state index < -0.39 is 15.9 Å². The molecule has 0 saturated carbocycles. The quantitative estimate of drug-likeness (QED) is 0.770. The SMILES string of the molecule is CCc1ccccc1C(=O)[N]S(C)(=O)=O. The van der Waals surface area contributed by atoms with Crippen molar-refractivity contribution < 1.29 is 13.2 Å². The molecule has 0 aliphatic rings. The third kappa shape index (κ3) is 3.36. The number of hydrogen-bond acceptors (Lipinski definition) is 3. The van der Waals surface area contributed by atoms with Gasteiger partial charge >= 0.3 is 0 Å². The molecule has 15 heavy (non-hydrogen) atoms. The fourth-order valence-electron chi connectivity index (χ4n) is 1.24. The molecule has 0 spiro atoms. The Labute approximate surface area is 89.4 Å². The van der Waals surface area contributed by atoms with E-state index in [1.807, 2.05) is 6.92 Å². The zero-order valence-corrected chi connectivity index (χ0v) is 9.41. The lowest BCUT2D eigenvalue weighted by atomic mass is 10.1. The van der Waals surface area contributed by atoms with Crippen LogP contribution in [-0.4, -0.2) is 20.6 Å². The van der Waals surface area contributed by atoms with Gasteiger partial charge < -0.3 is 0 Å². The van der Waals surface area contributed by atoms with E-state index in [2.05, 4.69) is 4.72 Å². The van der Waals surface area contributed by atoms with Crippen LogP contribution in [0.4, 0.5) is 0 Å². The van der Waals surface area contributed by atoms with Gasteiger partial charge in [-0.05, 0) is 18.1 Å². The summed E-state index contributed by atoms with van der Waals surface area (Å²) >= 11 is 0. The third-order valence-corrected chi connectivity index (χ3v) is 2.37. The molecule has 1 aromatic carbocycles. The highest BCUT2D eigenvalue weighted by Crippen LogP contribution is 2.09. The van der Waals surface area contributed by atoms with Gasteiger partial charge in [-0.25, -0.2) is 8.42 Å². The second-order valence-corrected chi connectivity index (χ2v) is 4.79. The first kappa shape index (κ1) is 11.7.